The topological polar surface area (TPSA) is 127 Å². The van der Waals surface area contributed by atoms with Crippen LogP contribution in [0.4, 0.5) is 30.5 Å². The monoisotopic (exact) mass is 606 g/mol. The molecule has 2 aliphatic heterocycles. The van der Waals surface area contributed by atoms with Crippen molar-refractivity contribution in [1.29, 1.82) is 5.26 Å². The number of rotatable bonds is 8. The maximum atomic E-state index is 15.4. The van der Waals surface area contributed by atoms with Crippen molar-refractivity contribution in [2.75, 3.05) is 43.1 Å². The van der Waals surface area contributed by atoms with Gasteiger partial charge in [-0.15, -0.1) is 0 Å². The highest BCUT2D eigenvalue weighted by Gasteiger charge is 2.36. The number of halogens is 3. The van der Waals surface area contributed by atoms with E-state index in [0.717, 1.165) is 17.8 Å². The van der Waals surface area contributed by atoms with E-state index < -0.39 is 17.3 Å². The predicted octanol–water partition coefficient (Wildman–Crippen LogP) is 4.87. The molecule has 2 saturated heterocycles. The zero-order valence-electron chi connectivity index (χ0n) is 24.2. The second kappa shape index (κ2) is 12.4. The maximum Gasteiger partial charge on any atom is 0.229 e. The largest absolute Gasteiger partial charge is 0.381 e. The van der Waals surface area contributed by atoms with Gasteiger partial charge in [-0.1, -0.05) is 6.92 Å². The molecule has 4 aromatic rings. The Morgan fingerprint density at radius 3 is 2.66 bits per heavy atom. The van der Waals surface area contributed by atoms with E-state index in [2.05, 4.69) is 38.3 Å². The Labute approximate surface area is 252 Å². The van der Waals surface area contributed by atoms with Crippen molar-refractivity contribution in [3.05, 3.63) is 66.1 Å². The quantitative estimate of drug-likeness (QED) is 0.270. The van der Waals surface area contributed by atoms with E-state index >= 15 is 13.2 Å². The van der Waals surface area contributed by atoms with Gasteiger partial charge in [0.2, 0.25) is 5.95 Å². The van der Waals surface area contributed by atoms with Gasteiger partial charge in [0, 0.05) is 57.3 Å². The summed E-state index contributed by atoms with van der Waals surface area (Å²) >= 11 is 0. The minimum atomic E-state index is -1.85. The molecule has 0 radical (unpaired) electrons. The average Bonchev–Trinajstić information content (AvgIpc) is 3.40. The van der Waals surface area contributed by atoms with E-state index in [-0.39, 0.29) is 60.9 Å². The van der Waals surface area contributed by atoms with Crippen LogP contribution in [0.5, 0.6) is 0 Å². The molecule has 5 heterocycles. The van der Waals surface area contributed by atoms with Crippen LogP contribution in [0.15, 0.2) is 48.9 Å². The summed E-state index contributed by atoms with van der Waals surface area (Å²) in [5.41, 5.74) is 6.36. The fraction of sp³-hybridized carbons (Fsp3) is 0.419. The Morgan fingerprint density at radius 2 is 1.93 bits per heavy atom. The van der Waals surface area contributed by atoms with Crippen LogP contribution in [0.25, 0.3) is 16.8 Å². The number of aromatic nitrogens is 4. The molecular weight excluding hydrogens is 573 g/mol. The summed E-state index contributed by atoms with van der Waals surface area (Å²) in [5.74, 6) is -1.38. The zero-order valence-corrected chi connectivity index (χ0v) is 24.2. The lowest BCUT2D eigenvalue weighted by atomic mass is 9.87. The van der Waals surface area contributed by atoms with Crippen LogP contribution in [0.2, 0.25) is 0 Å². The van der Waals surface area contributed by atoms with Crippen LogP contribution in [0.3, 0.4) is 0 Å². The molecule has 2 fully saturated rings. The fourth-order valence-electron chi connectivity index (χ4n) is 6.07. The SMILES string of the molecule is CC1CN(c2ccncc2Nc2ncc3ccc(-c4c(F)cc(C5(F)CCOCC5)cc4F)nn23)CC(N)C1OCCC#N. The van der Waals surface area contributed by atoms with Gasteiger partial charge in [0.1, 0.15) is 17.3 Å². The van der Waals surface area contributed by atoms with Gasteiger partial charge in [0.05, 0.1) is 65.7 Å². The number of nitrogens with one attached hydrogen (secondary N) is 1. The minimum Gasteiger partial charge on any atom is -0.381 e. The molecule has 0 bridgehead atoms. The molecule has 44 heavy (non-hydrogen) atoms. The lowest BCUT2D eigenvalue weighted by molar-refractivity contribution is -0.0117. The van der Waals surface area contributed by atoms with Gasteiger partial charge in [0.25, 0.3) is 0 Å². The second-order valence-electron chi connectivity index (χ2n) is 11.3. The molecular formula is C31H33F3N8O2. The molecule has 6 rings (SSSR count). The van der Waals surface area contributed by atoms with Gasteiger partial charge >= 0.3 is 0 Å². The standard InChI is InChI=1S/C31H33F3N8O2/c1-19-17-41(18-24(36)29(19)44-10-2-8-35)27-5-9-37-16-26(27)39-30-38-15-21-3-4-25(40-42(21)30)28-22(32)13-20(14-23(28)33)31(34)6-11-43-12-7-31/h3-5,9,13-16,19,24,29H,2,6-7,10-12,17-18,36H2,1H3,(H,38,39). The van der Waals surface area contributed by atoms with Crippen molar-refractivity contribution in [3.8, 4) is 17.3 Å². The molecule has 3 aromatic heterocycles. The lowest BCUT2D eigenvalue weighted by Crippen LogP contribution is -2.56. The number of fused-ring (bicyclic) bond motifs is 1. The predicted molar refractivity (Wildman–Crippen MR) is 158 cm³/mol. The molecule has 3 unspecified atom stereocenters. The lowest BCUT2D eigenvalue weighted by Gasteiger charge is -2.42. The highest BCUT2D eigenvalue weighted by Crippen LogP contribution is 2.39. The molecule has 0 amide bonds. The summed E-state index contributed by atoms with van der Waals surface area (Å²) in [7, 11) is 0. The third-order valence-electron chi connectivity index (χ3n) is 8.32. The van der Waals surface area contributed by atoms with Crippen LogP contribution in [0.1, 0.15) is 31.7 Å². The first kappa shape index (κ1) is 29.8. The highest BCUT2D eigenvalue weighted by atomic mass is 19.1. The van der Waals surface area contributed by atoms with Gasteiger partial charge in [0.15, 0.2) is 0 Å². The molecule has 0 spiro atoms. The van der Waals surface area contributed by atoms with Gasteiger partial charge < -0.3 is 25.4 Å². The van der Waals surface area contributed by atoms with E-state index in [1.54, 1.807) is 24.7 Å². The van der Waals surface area contributed by atoms with Crippen LogP contribution in [-0.2, 0) is 15.1 Å². The van der Waals surface area contributed by atoms with E-state index in [1.165, 1.54) is 10.6 Å². The molecule has 2 aliphatic rings. The number of hydrogen-bond acceptors (Lipinski definition) is 9. The molecule has 13 heteroatoms. The van der Waals surface area contributed by atoms with Crippen molar-refractivity contribution >= 4 is 22.8 Å². The average molecular weight is 607 g/mol. The van der Waals surface area contributed by atoms with E-state index in [0.29, 0.717) is 43.3 Å². The molecule has 1 aromatic carbocycles. The number of imidazole rings is 1. The number of nitriles is 1. The Morgan fingerprint density at radius 1 is 1.16 bits per heavy atom. The summed E-state index contributed by atoms with van der Waals surface area (Å²) in [6.45, 7) is 3.97. The van der Waals surface area contributed by atoms with Crippen LogP contribution in [0, 0.1) is 28.9 Å². The van der Waals surface area contributed by atoms with E-state index in [4.69, 9.17) is 20.5 Å². The minimum absolute atomic E-state index is 0.0321. The van der Waals surface area contributed by atoms with Gasteiger partial charge in [-0.05, 0) is 35.9 Å². The Bertz CT molecular complexity index is 1650. The van der Waals surface area contributed by atoms with E-state index in [1.807, 2.05) is 6.07 Å². The van der Waals surface area contributed by atoms with Crippen molar-refractivity contribution in [1.82, 2.24) is 19.6 Å². The Hall–Kier alpha value is -4.25. The number of nitrogens with two attached hydrogens (primary N) is 1. The normalized spacial score (nSPS) is 21.7. The first-order chi connectivity index (χ1) is 21.3. The third kappa shape index (κ3) is 5.80. The van der Waals surface area contributed by atoms with E-state index in [9.17, 15) is 0 Å². The number of ether oxygens (including phenoxy) is 2. The van der Waals surface area contributed by atoms with Crippen LogP contribution < -0.4 is 16.0 Å². The van der Waals surface area contributed by atoms with Crippen LogP contribution in [-0.4, -0.2) is 64.6 Å². The number of nitrogens with zero attached hydrogens (tertiary/aromatic N) is 6. The van der Waals surface area contributed by atoms with Crippen LogP contribution >= 0.6 is 0 Å². The summed E-state index contributed by atoms with van der Waals surface area (Å²) in [4.78, 5) is 10.9. The first-order valence-electron chi connectivity index (χ1n) is 14.6. The molecule has 230 valence electrons. The number of hydrogen-bond donors (Lipinski definition) is 2. The second-order valence-corrected chi connectivity index (χ2v) is 11.3. The van der Waals surface area contributed by atoms with Crippen molar-refractivity contribution < 1.29 is 22.6 Å². The highest BCUT2D eigenvalue weighted by molar-refractivity contribution is 5.74. The van der Waals surface area contributed by atoms with Gasteiger partial charge in [-0.25, -0.2) is 18.2 Å². The Kier molecular flexibility index (Phi) is 8.40. The number of piperidine rings is 1. The van der Waals surface area contributed by atoms with Gasteiger partial charge in [-0.2, -0.15) is 14.9 Å². The maximum absolute atomic E-state index is 15.4. The smallest absolute Gasteiger partial charge is 0.229 e. The molecule has 0 saturated carbocycles. The number of pyridine rings is 1. The molecule has 0 aliphatic carbocycles. The summed E-state index contributed by atoms with van der Waals surface area (Å²) in [6, 6.07) is 8.94. The third-order valence-corrected chi connectivity index (χ3v) is 8.32. The number of anilines is 3. The van der Waals surface area contributed by atoms with Crippen molar-refractivity contribution in [2.24, 2.45) is 11.7 Å². The van der Waals surface area contributed by atoms with Crippen molar-refractivity contribution in [3.63, 3.8) is 0 Å². The number of alkyl halides is 1. The Balaban J connectivity index is 1.27. The van der Waals surface area contributed by atoms with Gasteiger partial charge in [-0.3, -0.25) is 4.98 Å². The molecule has 3 N–H and O–H groups in total. The zero-order chi connectivity index (χ0) is 30.8. The number of benzene rings is 1. The summed E-state index contributed by atoms with van der Waals surface area (Å²) < 4.78 is 58.7. The molecule has 10 nitrogen and oxygen atoms in total. The molecule has 3 atom stereocenters. The van der Waals surface area contributed by atoms with Crippen molar-refractivity contribution in [2.45, 2.75) is 44.0 Å². The first-order valence-corrected chi connectivity index (χ1v) is 14.6. The fourth-order valence-corrected chi connectivity index (χ4v) is 6.07. The summed E-state index contributed by atoms with van der Waals surface area (Å²) in [5, 5.41) is 16.6. The summed E-state index contributed by atoms with van der Waals surface area (Å²) in [6.07, 6.45) is 5.15.